The molecule has 1 aliphatic heterocycles. The molecular formula is C26H30F2N6O3. The van der Waals surface area contributed by atoms with E-state index in [4.69, 9.17) is 4.42 Å². The lowest BCUT2D eigenvalue weighted by Crippen LogP contribution is -2.44. The first-order valence-corrected chi connectivity index (χ1v) is 12.0. The lowest BCUT2D eigenvalue weighted by Gasteiger charge is -2.35. The van der Waals surface area contributed by atoms with Crippen LogP contribution in [0.4, 0.5) is 14.5 Å². The molecule has 3 aromatic rings. The van der Waals surface area contributed by atoms with Crippen molar-refractivity contribution in [2.75, 3.05) is 45.2 Å². The van der Waals surface area contributed by atoms with Gasteiger partial charge in [-0.3, -0.25) is 9.78 Å². The largest absolute Gasteiger partial charge is 0.415 e. The molecule has 0 N–H and O–H groups in total. The number of likely N-dealkylation sites (N-methyl/N-ethyl adjacent to an activating group) is 1. The molecule has 0 atom stereocenters. The number of halogens is 2. The Morgan fingerprint density at radius 3 is 2.49 bits per heavy atom. The van der Waals surface area contributed by atoms with Gasteiger partial charge in [-0.25, -0.2) is 0 Å². The van der Waals surface area contributed by atoms with E-state index in [0.717, 1.165) is 38.2 Å². The van der Waals surface area contributed by atoms with Gasteiger partial charge in [0.25, 0.3) is 11.8 Å². The third kappa shape index (κ3) is 5.82. The first-order chi connectivity index (χ1) is 17.6. The number of piperazine rings is 1. The highest BCUT2D eigenvalue weighted by molar-refractivity contribution is 5.97. The van der Waals surface area contributed by atoms with Gasteiger partial charge in [0.1, 0.15) is 6.29 Å². The molecule has 9 nitrogen and oxygen atoms in total. The van der Waals surface area contributed by atoms with Crippen molar-refractivity contribution < 1.29 is 22.8 Å². The van der Waals surface area contributed by atoms with Gasteiger partial charge in [-0.1, -0.05) is 0 Å². The number of hydrogen-bond donors (Lipinski definition) is 0. The van der Waals surface area contributed by atoms with Gasteiger partial charge in [0.15, 0.2) is 0 Å². The van der Waals surface area contributed by atoms with Crippen molar-refractivity contribution in [2.45, 2.75) is 32.2 Å². The average Bonchev–Trinajstić information content (AvgIpc) is 3.40. The van der Waals surface area contributed by atoms with E-state index in [1.807, 2.05) is 12.1 Å². The minimum Gasteiger partial charge on any atom is -0.415 e. The Morgan fingerprint density at radius 2 is 1.89 bits per heavy atom. The van der Waals surface area contributed by atoms with E-state index in [1.54, 1.807) is 39.1 Å². The summed E-state index contributed by atoms with van der Waals surface area (Å²) in [6.45, 7) is 7.45. The smallest absolute Gasteiger partial charge is 0.314 e. The Labute approximate surface area is 214 Å². The number of carbonyl (C=O) groups is 2. The molecule has 1 aromatic carbocycles. The third-order valence-corrected chi connectivity index (χ3v) is 6.54. The number of pyridine rings is 1. The van der Waals surface area contributed by atoms with Crippen LogP contribution in [0.1, 0.15) is 47.8 Å². The number of benzene rings is 1. The summed E-state index contributed by atoms with van der Waals surface area (Å²) in [6.07, 6.45) is -0.551. The fraction of sp³-hybridized carbons (Fsp3) is 0.423. The zero-order valence-electron chi connectivity index (χ0n) is 21.3. The summed E-state index contributed by atoms with van der Waals surface area (Å²) in [5, 5.41) is 6.93. The molecule has 0 saturated carbocycles. The van der Waals surface area contributed by atoms with Crippen molar-refractivity contribution in [3.8, 4) is 11.5 Å². The highest BCUT2D eigenvalue weighted by Gasteiger charge is 2.29. The quantitative estimate of drug-likeness (QED) is 0.423. The van der Waals surface area contributed by atoms with Gasteiger partial charge in [0.05, 0.1) is 17.8 Å². The van der Waals surface area contributed by atoms with E-state index in [0.29, 0.717) is 22.4 Å². The first kappa shape index (κ1) is 26.3. The number of amides is 1. The second kappa shape index (κ2) is 10.7. The van der Waals surface area contributed by atoms with Crippen LogP contribution in [-0.4, -0.2) is 77.4 Å². The monoisotopic (exact) mass is 512 g/mol. The van der Waals surface area contributed by atoms with Gasteiger partial charge in [0, 0.05) is 56.1 Å². The standard InChI is InChI=1S/C26H30F2N6O3/c1-26(2,16-35)21-13-19(34-11-9-32(3)10-12-34)7-8-20(21)25(36)33(4)15-18-6-5-17(14-29-18)23-30-31-24(37-23)22(27)28/h5-8,13-14,16,22H,9-12,15H2,1-4H3. The minimum absolute atomic E-state index is 0.0556. The normalized spacial score (nSPS) is 14.7. The number of alkyl halides is 2. The number of rotatable bonds is 8. The van der Waals surface area contributed by atoms with Gasteiger partial charge in [-0.2, -0.15) is 8.78 Å². The number of aldehydes is 1. The van der Waals surface area contributed by atoms with Crippen LogP contribution in [0.5, 0.6) is 0 Å². The molecule has 1 fully saturated rings. The highest BCUT2D eigenvalue weighted by atomic mass is 19.3. The fourth-order valence-electron chi connectivity index (χ4n) is 4.18. The number of nitrogens with zero attached hydrogens (tertiary/aromatic N) is 6. The minimum atomic E-state index is -2.85. The Hall–Kier alpha value is -3.73. The maximum absolute atomic E-state index is 13.5. The maximum atomic E-state index is 13.5. The van der Waals surface area contributed by atoms with Gasteiger partial charge >= 0.3 is 6.43 Å². The van der Waals surface area contributed by atoms with Crippen LogP contribution < -0.4 is 4.90 Å². The van der Waals surface area contributed by atoms with Crippen LogP contribution in [0.3, 0.4) is 0 Å². The second-order valence-corrected chi connectivity index (χ2v) is 9.81. The molecule has 37 heavy (non-hydrogen) atoms. The summed E-state index contributed by atoms with van der Waals surface area (Å²) in [7, 11) is 3.75. The maximum Gasteiger partial charge on any atom is 0.314 e. The predicted molar refractivity (Wildman–Crippen MR) is 134 cm³/mol. The Morgan fingerprint density at radius 1 is 1.16 bits per heavy atom. The molecule has 0 radical (unpaired) electrons. The zero-order valence-corrected chi connectivity index (χ0v) is 21.3. The second-order valence-electron chi connectivity index (χ2n) is 9.81. The summed E-state index contributed by atoms with van der Waals surface area (Å²) >= 11 is 0. The van der Waals surface area contributed by atoms with Gasteiger partial charge in [-0.15, -0.1) is 10.2 Å². The summed E-state index contributed by atoms with van der Waals surface area (Å²) in [6, 6.07) is 8.96. The van der Waals surface area contributed by atoms with Crippen molar-refractivity contribution in [3.63, 3.8) is 0 Å². The molecule has 2 aromatic heterocycles. The van der Waals surface area contributed by atoms with Crippen LogP contribution in [0.25, 0.3) is 11.5 Å². The molecule has 0 aliphatic carbocycles. The summed E-state index contributed by atoms with van der Waals surface area (Å²) in [5.41, 5.74) is 2.25. The SMILES string of the molecule is CN1CCN(c2ccc(C(=O)N(C)Cc3ccc(-c4nnc(C(F)F)o4)cn3)c(C(C)(C)C=O)c2)CC1. The van der Waals surface area contributed by atoms with E-state index < -0.39 is 17.7 Å². The molecule has 0 bridgehead atoms. The predicted octanol–water partition coefficient (Wildman–Crippen LogP) is 3.57. The molecule has 0 spiro atoms. The lowest BCUT2D eigenvalue weighted by molar-refractivity contribution is -0.111. The molecule has 1 amide bonds. The van der Waals surface area contributed by atoms with E-state index in [9.17, 15) is 18.4 Å². The molecule has 3 heterocycles. The van der Waals surface area contributed by atoms with Crippen LogP contribution in [0.15, 0.2) is 40.9 Å². The van der Waals surface area contributed by atoms with Crippen molar-refractivity contribution in [3.05, 3.63) is 59.2 Å². The van der Waals surface area contributed by atoms with Crippen molar-refractivity contribution >= 4 is 17.9 Å². The summed E-state index contributed by atoms with van der Waals surface area (Å²) in [5.74, 6) is -1.05. The molecule has 1 saturated heterocycles. The van der Waals surface area contributed by atoms with Crippen LogP contribution in [0.2, 0.25) is 0 Å². The number of anilines is 1. The van der Waals surface area contributed by atoms with E-state index in [-0.39, 0.29) is 18.3 Å². The highest BCUT2D eigenvalue weighted by Crippen LogP contribution is 2.31. The third-order valence-electron chi connectivity index (χ3n) is 6.54. The number of aromatic nitrogens is 3. The lowest BCUT2D eigenvalue weighted by atomic mass is 9.82. The molecular weight excluding hydrogens is 482 g/mol. The fourth-order valence-corrected chi connectivity index (χ4v) is 4.18. The average molecular weight is 513 g/mol. The molecule has 196 valence electrons. The number of hydrogen-bond acceptors (Lipinski definition) is 8. The van der Waals surface area contributed by atoms with Crippen molar-refractivity contribution in [1.29, 1.82) is 0 Å². The zero-order chi connectivity index (χ0) is 26.7. The van der Waals surface area contributed by atoms with Crippen LogP contribution >= 0.6 is 0 Å². The Balaban J connectivity index is 1.52. The van der Waals surface area contributed by atoms with Gasteiger partial charge < -0.3 is 23.9 Å². The van der Waals surface area contributed by atoms with Gasteiger partial charge in [0.2, 0.25) is 5.89 Å². The summed E-state index contributed by atoms with van der Waals surface area (Å²) < 4.78 is 30.4. The molecule has 4 rings (SSSR count). The van der Waals surface area contributed by atoms with E-state index >= 15 is 0 Å². The summed E-state index contributed by atoms with van der Waals surface area (Å²) in [4.78, 5) is 35.8. The van der Waals surface area contributed by atoms with Crippen molar-refractivity contribution in [2.24, 2.45) is 0 Å². The van der Waals surface area contributed by atoms with E-state index in [2.05, 4.69) is 32.0 Å². The molecule has 1 aliphatic rings. The van der Waals surface area contributed by atoms with Gasteiger partial charge in [-0.05, 0) is 56.8 Å². The van der Waals surface area contributed by atoms with Crippen LogP contribution in [0, 0.1) is 0 Å². The first-order valence-electron chi connectivity index (χ1n) is 12.0. The number of carbonyl (C=O) groups excluding carboxylic acids is 2. The van der Waals surface area contributed by atoms with Crippen LogP contribution in [-0.2, 0) is 16.8 Å². The van der Waals surface area contributed by atoms with E-state index in [1.165, 1.54) is 11.1 Å². The molecule has 0 unspecified atom stereocenters. The Bertz CT molecular complexity index is 1250. The Kier molecular flexibility index (Phi) is 7.63. The topological polar surface area (TPSA) is 95.7 Å². The molecule has 11 heteroatoms. The van der Waals surface area contributed by atoms with Crippen molar-refractivity contribution in [1.82, 2.24) is 25.0 Å².